The zero-order chi connectivity index (χ0) is 12.3. The fraction of sp³-hybridized carbons (Fsp3) is 0.455. The minimum absolute atomic E-state index is 0.114. The van der Waals surface area contributed by atoms with E-state index in [-0.39, 0.29) is 17.9 Å². The van der Waals surface area contributed by atoms with E-state index in [1.165, 1.54) is 13.2 Å². The number of benzene rings is 1. The van der Waals surface area contributed by atoms with Crippen molar-refractivity contribution in [2.75, 3.05) is 13.7 Å². The van der Waals surface area contributed by atoms with Gasteiger partial charge in [0.15, 0.2) is 0 Å². The van der Waals surface area contributed by atoms with Crippen LogP contribution in [0.3, 0.4) is 0 Å². The lowest BCUT2D eigenvalue weighted by Gasteiger charge is -2.18. The first-order chi connectivity index (χ1) is 7.51. The number of rotatable bonds is 4. The smallest absolute Gasteiger partial charge is 0.246 e. The Labute approximate surface area is 92.2 Å². The van der Waals surface area contributed by atoms with Crippen molar-refractivity contribution >= 4 is 0 Å². The van der Waals surface area contributed by atoms with Crippen molar-refractivity contribution < 1.29 is 17.9 Å². The summed E-state index contributed by atoms with van der Waals surface area (Å²) in [6.07, 6.45) is -2.64. The summed E-state index contributed by atoms with van der Waals surface area (Å²) in [5.41, 5.74) is 5.73. The third-order valence-corrected chi connectivity index (χ3v) is 2.47. The Bertz CT molecular complexity index is 368. The van der Waals surface area contributed by atoms with Crippen molar-refractivity contribution in [1.82, 2.24) is 0 Å². The zero-order valence-corrected chi connectivity index (χ0v) is 9.14. The quantitative estimate of drug-likeness (QED) is 0.867. The van der Waals surface area contributed by atoms with Gasteiger partial charge in [0.1, 0.15) is 11.6 Å². The van der Waals surface area contributed by atoms with Crippen molar-refractivity contribution in [2.45, 2.75) is 19.3 Å². The van der Waals surface area contributed by atoms with Gasteiger partial charge in [-0.05, 0) is 24.6 Å². The molecule has 1 atom stereocenters. The minimum Gasteiger partial charge on any atom is -0.496 e. The van der Waals surface area contributed by atoms with Gasteiger partial charge in [0.25, 0.3) is 0 Å². The van der Waals surface area contributed by atoms with Crippen LogP contribution in [0.25, 0.3) is 0 Å². The first-order valence-electron chi connectivity index (χ1n) is 4.83. The fourth-order valence-corrected chi connectivity index (χ4v) is 1.50. The molecule has 1 aromatic rings. The molecule has 0 aliphatic heterocycles. The second-order valence-corrected chi connectivity index (χ2v) is 3.52. The van der Waals surface area contributed by atoms with Crippen LogP contribution in [-0.4, -0.2) is 20.1 Å². The minimum atomic E-state index is -2.64. The molecule has 1 unspecified atom stereocenters. The molecule has 0 bridgehead atoms. The molecular weight excluding hydrogens is 219 g/mol. The molecule has 0 aliphatic rings. The highest BCUT2D eigenvalue weighted by atomic mass is 19.3. The summed E-state index contributed by atoms with van der Waals surface area (Å²) >= 11 is 0. The molecule has 0 aliphatic carbocycles. The van der Waals surface area contributed by atoms with E-state index < -0.39 is 18.2 Å². The van der Waals surface area contributed by atoms with Crippen LogP contribution in [0.1, 0.15) is 17.0 Å². The van der Waals surface area contributed by atoms with Crippen LogP contribution in [0.5, 0.6) is 5.75 Å². The molecule has 5 heteroatoms. The highest BCUT2D eigenvalue weighted by Crippen LogP contribution is 2.32. The first kappa shape index (κ1) is 12.8. The number of nitrogens with two attached hydrogens (primary N) is 1. The van der Waals surface area contributed by atoms with Crippen LogP contribution in [0.15, 0.2) is 12.1 Å². The summed E-state index contributed by atoms with van der Waals surface area (Å²) in [6, 6.07) is 2.47. The van der Waals surface area contributed by atoms with Crippen LogP contribution < -0.4 is 10.5 Å². The standard InChI is InChI=1S/C11H14F3NO/c1-6-3-10(16-2)7(4-9(6)12)8(5-15)11(13)14/h3-4,8,11H,5,15H2,1-2H3. The van der Waals surface area contributed by atoms with Gasteiger partial charge in [-0.15, -0.1) is 0 Å². The summed E-state index contributed by atoms with van der Waals surface area (Å²) in [7, 11) is 1.36. The number of halogens is 3. The number of alkyl halides is 2. The average molecular weight is 233 g/mol. The van der Waals surface area contributed by atoms with Gasteiger partial charge < -0.3 is 10.5 Å². The van der Waals surface area contributed by atoms with Gasteiger partial charge in [-0.2, -0.15) is 0 Å². The van der Waals surface area contributed by atoms with Crippen LogP contribution in [0, 0.1) is 12.7 Å². The second-order valence-electron chi connectivity index (χ2n) is 3.52. The predicted octanol–water partition coefficient (Wildman–Crippen LogP) is 2.45. The predicted molar refractivity (Wildman–Crippen MR) is 55.5 cm³/mol. The monoisotopic (exact) mass is 233 g/mol. The molecule has 0 fully saturated rings. The molecule has 0 spiro atoms. The molecule has 1 aromatic carbocycles. The summed E-state index contributed by atoms with van der Waals surface area (Å²) in [5.74, 6) is -1.49. The van der Waals surface area contributed by atoms with Crippen molar-refractivity contribution in [3.63, 3.8) is 0 Å². The highest BCUT2D eigenvalue weighted by Gasteiger charge is 2.25. The molecule has 2 N–H and O–H groups in total. The Morgan fingerprint density at radius 2 is 2.00 bits per heavy atom. The van der Waals surface area contributed by atoms with Crippen LogP contribution in [-0.2, 0) is 0 Å². The van der Waals surface area contributed by atoms with Crippen LogP contribution in [0.4, 0.5) is 13.2 Å². The van der Waals surface area contributed by atoms with Crippen molar-refractivity contribution in [3.8, 4) is 5.75 Å². The third kappa shape index (κ3) is 2.47. The van der Waals surface area contributed by atoms with Gasteiger partial charge in [0.2, 0.25) is 6.43 Å². The molecule has 0 saturated heterocycles. The Morgan fingerprint density at radius 3 is 2.44 bits per heavy atom. The van der Waals surface area contributed by atoms with Gasteiger partial charge in [-0.25, -0.2) is 13.2 Å². The molecule has 0 heterocycles. The van der Waals surface area contributed by atoms with E-state index >= 15 is 0 Å². The van der Waals surface area contributed by atoms with Gasteiger partial charge in [0, 0.05) is 12.1 Å². The lowest BCUT2D eigenvalue weighted by atomic mass is 9.97. The van der Waals surface area contributed by atoms with Crippen molar-refractivity contribution in [3.05, 3.63) is 29.1 Å². The molecule has 1 rings (SSSR count). The number of hydrogen-bond donors (Lipinski definition) is 1. The van der Waals surface area contributed by atoms with Crippen molar-refractivity contribution in [1.29, 1.82) is 0 Å². The Hall–Kier alpha value is -1.23. The Balaban J connectivity index is 3.24. The summed E-state index contributed by atoms with van der Waals surface area (Å²) in [6.45, 7) is 1.29. The van der Waals surface area contributed by atoms with E-state index in [9.17, 15) is 13.2 Å². The highest BCUT2D eigenvalue weighted by molar-refractivity contribution is 5.41. The molecule has 2 nitrogen and oxygen atoms in total. The third-order valence-electron chi connectivity index (χ3n) is 2.47. The maximum Gasteiger partial charge on any atom is 0.246 e. The van der Waals surface area contributed by atoms with E-state index in [1.54, 1.807) is 6.92 Å². The molecule has 0 aromatic heterocycles. The molecule has 0 saturated carbocycles. The topological polar surface area (TPSA) is 35.2 Å². The second kappa shape index (κ2) is 5.21. The number of methoxy groups -OCH3 is 1. The van der Waals surface area contributed by atoms with E-state index in [1.807, 2.05) is 0 Å². The molecule has 90 valence electrons. The van der Waals surface area contributed by atoms with E-state index in [0.717, 1.165) is 6.07 Å². The maximum atomic E-state index is 13.3. The SMILES string of the molecule is COc1cc(C)c(F)cc1C(CN)C(F)F. The van der Waals surface area contributed by atoms with Crippen LogP contribution >= 0.6 is 0 Å². The summed E-state index contributed by atoms with van der Waals surface area (Å²) in [5, 5.41) is 0. The maximum absolute atomic E-state index is 13.3. The number of aryl methyl sites for hydroxylation is 1. The summed E-state index contributed by atoms with van der Waals surface area (Å²) in [4.78, 5) is 0. The van der Waals surface area contributed by atoms with Crippen molar-refractivity contribution in [2.24, 2.45) is 5.73 Å². The number of ether oxygens (including phenoxy) is 1. The molecule has 0 radical (unpaired) electrons. The normalized spacial score (nSPS) is 12.9. The molecule has 16 heavy (non-hydrogen) atoms. The number of hydrogen-bond acceptors (Lipinski definition) is 2. The van der Waals surface area contributed by atoms with E-state index in [4.69, 9.17) is 10.5 Å². The van der Waals surface area contributed by atoms with Gasteiger partial charge in [-0.1, -0.05) is 0 Å². The first-order valence-corrected chi connectivity index (χ1v) is 4.83. The molecular formula is C11H14F3NO. The summed E-state index contributed by atoms with van der Waals surface area (Å²) < 4.78 is 43.6. The zero-order valence-electron chi connectivity index (χ0n) is 9.14. The lowest BCUT2D eigenvalue weighted by molar-refractivity contribution is 0.115. The average Bonchev–Trinajstić information content (AvgIpc) is 2.23. The van der Waals surface area contributed by atoms with Gasteiger partial charge >= 0.3 is 0 Å². The van der Waals surface area contributed by atoms with Gasteiger partial charge in [-0.3, -0.25) is 0 Å². The fourth-order valence-electron chi connectivity index (χ4n) is 1.50. The van der Waals surface area contributed by atoms with E-state index in [2.05, 4.69) is 0 Å². The van der Waals surface area contributed by atoms with E-state index in [0.29, 0.717) is 5.56 Å². The molecule has 0 amide bonds. The van der Waals surface area contributed by atoms with Crippen LogP contribution in [0.2, 0.25) is 0 Å². The Kier molecular flexibility index (Phi) is 4.18. The van der Waals surface area contributed by atoms with Gasteiger partial charge in [0.05, 0.1) is 13.0 Å². The Morgan fingerprint density at radius 1 is 1.38 bits per heavy atom. The largest absolute Gasteiger partial charge is 0.496 e. The lowest BCUT2D eigenvalue weighted by Crippen LogP contribution is -2.20.